The molecule has 0 bridgehead atoms. The number of aromatic amines is 1. The van der Waals surface area contributed by atoms with Gasteiger partial charge >= 0.3 is 5.69 Å². The van der Waals surface area contributed by atoms with Crippen LogP contribution in [0.1, 0.15) is 36.4 Å². The molecule has 0 unspecified atom stereocenters. The molecule has 5 rings (SSSR count). The molecule has 5 nitrogen and oxygen atoms in total. The molecule has 1 aromatic heterocycles. The normalized spacial score (nSPS) is 15.2. The van der Waals surface area contributed by atoms with E-state index in [0.29, 0.717) is 0 Å². The molecule has 0 aliphatic carbocycles. The number of aryl methyl sites for hydroxylation is 1. The number of nitrogens with zero attached hydrogens (tertiary/aromatic N) is 2. The Morgan fingerprint density at radius 3 is 2.50 bits per heavy atom. The molecule has 1 aliphatic heterocycles. The summed E-state index contributed by atoms with van der Waals surface area (Å²) < 4.78 is 1.97. The van der Waals surface area contributed by atoms with E-state index in [0.717, 1.165) is 63.0 Å². The first-order chi connectivity index (χ1) is 16.7. The van der Waals surface area contributed by atoms with Crippen molar-refractivity contribution in [2.24, 2.45) is 0 Å². The zero-order chi connectivity index (χ0) is 23.3. The maximum Gasteiger partial charge on any atom is 0.326 e. The van der Waals surface area contributed by atoms with E-state index in [2.05, 4.69) is 70.7 Å². The molecule has 0 amide bonds. The number of rotatable bonds is 8. The van der Waals surface area contributed by atoms with Gasteiger partial charge in [0.25, 0.3) is 0 Å². The highest BCUT2D eigenvalue weighted by atomic mass is 16.1. The number of fused-ring (bicyclic) bond motifs is 1. The lowest BCUT2D eigenvalue weighted by atomic mass is 9.99. The lowest BCUT2D eigenvalue weighted by Gasteiger charge is -2.32. The highest BCUT2D eigenvalue weighted by molar-refractivity contribution is 5.75. The monoisotopic (exact) mass is 454 g/mol. The van der Waals surface area contributed by atoms with E-state index in [4.69, 9.17) is 0 Å². The van der Waals surface area contributed by atoms with Gasteiger partial charge < -0.3 is 15.2 Å². The van der Waals surface area contributed by atoms with Gasteiger partial charge in [0.15, 0.2) is 0 Å². The molecule has 5 heteroatoms. The van der Waals surface area contributed by atoms with Gasteiger partial charge in [-0.1, -0.05) is 66.2 Å². The first kappa shape index (κ1) is 22.6. The first-order valence-electron chi connectivity index (χ1n) is 12.5. The van der Waals surface area contributed by atoms with Crippen molar-refractivity contribution in [2.75, 3.05) is 26.2 Å². The molecule has 1 fully saturated rings. The molecule has 4 aromatic rings. The fraction of sp³-hybridized carbons (Fsp3) is 0.345. The van der Waals surface area contributed by atoms with Gasteiger partial charge in [0.1, 0.15) is 0 Å². The Hall–Kier alpha value is -3.15. The quantitative estimate of drug-likeness (QED) is 0.363. The molecular formula is C29H34N4O. The Morgan fingerprint density at radius 2 is 1.68 bits per heavy atom. The van der Waals surface area contributed by atoms with Crippen LogP contribution in [0.15, 0.2) is 77.6 Å². The van der Waals surface area contributed by atoms with Crippen LogP contribution in [0.4, 0.5) is 0 Å². The Balaban J connectivity index is 1.08. The van der Waals surface area contributed by atoms with Gasteiger partial charge in [0, 0.05) is 25.7 Å². The van der Waals surface area contributed by atoms with Gasteiger partial charge in [-0.3, -0.25) is 4.57 Å². The largest absolute Gasteiger partial charge is 0.326 e. The lowest BCUT2D eigenvalue weighted by Crippen LogP contribution is -2.38. The smallest absolute Gasteiger partial charge is 0.313 e. The van der Waals surface area contributed by atoms with Crippen molar-refractivity contribution >= 4 is 11.0 Å². The van der Waals surface area contributed by atoms with Crippen molar-refractivity contribution in [1.82, 2.24) is 19.8 Å². The summed E-state index contributed by atoms with van der Waals surface area (Å²) in [6.45, 7) is 7.21. The summed E-state index contributed by atoms with van der Waals surface area (Å²) >= 11 is 0. The van der Waals surface area contributed by atoms with Crippen LogP contribution < -0.4 is 11.0 Å². The highest BCUT2D eigenvalue weighted by Gasteiger charge is 2.23. The highest BCUT2D eigenvalue weighted by Crippen LogP contribution is 2.25. The number of imidazole rings is 1. The SMILES string of the molecule is Cc1ccc(-c2ccccc2CNCCCN2CCC(n3c(=O)[nH]c4ccccc43)CC2)cc1. The second-order valence-corrected chi connectivity index (χ2v) is 9.44. The van der Waals surface area contributed by atoms with Crippen LogP contribution >= 0.6 is 0 Å². The average Bonchev–Trinajstić information content (AvgIpc) is 3.21. The number of piperidine rings is 1. The van der Waals surface area contributed by atoms with Crippen molar-refractivity contribution in [2.45, 2.75) is 38.8 Å². The zero-order valence-electron chi connectivity index (χ0n) is 20.0. The number of benzene rings is 3. The molecule has 2 N–H and O–H groups in total. The summed E-state index contributed by atoms with van der Waals surface area (Å²) in [5.41, 5.74) is 7.21. The second-order valence-electron chi connectivity index (χ2n) is 9.44. The van der Waals surface area contributed by atoms with E-state index >= 15 is 0 Å². The van der Waals surface area contributed by atoms with Gasteiger partial charge in [-0.2, -0.15) is 0 Å². The Kier molecular flexibility index (Phi) is 6.93. The predicted molar refractivity (Wildman–Crippen MR) is 140 cm³/mol. The van der Waals surface area contributed by atoms with Crippen LogP contribution in [0.2, 0.25) is 0 Å². The van der Waals surface area contributed by atoms with Crippen LogP contribution in [-0.2, 0) is 6.54 Å². The van der Waals surface area contributed by atoms with Crippen LogP contribution in [0.25, 0.3) is 22.2 Å². The Bertz CT molecular complexity index is 1280. The van der Waals surface area contributed by atoms with E-state index in [-0.39, 0.29) is 11.7 Å². The minimum absolute atomic E-state index is 0.0229. The number of likely N-dealkylation sites (tertiary alicyclic amines) is 1. The van der Waals surface area contributed by atoms with E-state index < -0.39 is 0 Å². The third-order valence-electron chi connectivity index (χ3n) is 7.07. The number of hydrogen-bond acceptors (Lipinski definition) is 3. The summed E-state index contributed by atoms with van der Waals surface area (Å²) in [7, 11) is 0. The van der Waals surface area contributed by atoms with E-state index in [1.165, 1.54) is 22.3 Å². The van der Waals surface area contributed by atoms with Gasteiger partial charge in [-0.05, 0) is 68.1 Å². The molecule has 2 heterocycles. The number of nitrogens with one attached hydrogen (secondary N) is 2. The van der Waals surface area contributed by atoms with Crippen LogP contribution in [0.5, 0.6) is 0 Å². The molecule has 0 spiro atoms. The van der Waals surface area contributed by atoms with Crippen molar-refractivity contribution in [3.63, 3.8) is 0 Å². The van der Waals surface area contributed by atoms with Crippen molar-refractivity contribution in [3.05, 3.63) is 94.4 Å². The van der Waals surface area contributed by atoms with E-state index in [1.54, 1.807) is 0 Å². The average molecular weight is 455 g/mol. The fourth-order valence-corrected chi connectivity index (χ4v) is 5.18. The van der Waals surface area contributed by atoms with Crippen LogP contribution in [0, 0.1) is 6.92 Å². The summed E-state index contributed by atoms with van der Waals surface area (Å²) in [4.78, 5) is 18.0. The fourth-order valence-electron chi connectivity index (χ4n) is 5.18. The summed E-state index contributed by atoms with van der Waals surface area (Å²) in [6, 6.07) is 25.7. The summed E-state index contributed by atoms with van der Waals surface area (Å²) in [5, 5.41) is 3.65. The van der Waals surface area contributed by atoms with Gasteiger partial charge in [0.2, 0.25) is 0 Å². The lowest BCUT2D eigenvalue weighted by molar-refractivity contribution is 0.185. The summed E-state index contributed by atoms with van der Waals surface area (Å²) in [6.07, 6.45) is 3.18. The molecule has 176 valence electrons. The van der Waals surface area contributed by atoms with Crippen molar-refractivity contribution < 1.29 is 0 Å². The topological polar surface area (TPSA) is 53.1 Å². The summed E-state index contributed by atoms with van der Waals surface area (Å²) in [5.74, 6) is 0. The van der Waals surface area contributed by atoms with E-state index in [1.807, 2.05) is 28.8 Å². The molecule has 3 aromatic carbocycles. The second kappa shape index (κ2) is 10.4. The number of hydrogen-bond donors (Lipinski definition) is 2. The molecule has 0 saturated carbocycles. The van der Waals surface area contributed by atoms with Crippen molar-refractivity contribution in [1.29, 1.82) is 0 Å². The Labute approximate surface area is 201 Å². The predicted octanol–water partition coefficient (Wildman–Crippen LogP) is 5.12. The first-order valence-corrected chi connectivity index (χ1v) is 12.5. The number of H-pyrrole nitrogens is 1. The standard InChI is InChI=1S/C29H34N4O/c1-22-11-13-23(14-12-22)26-8-3-2-7-24(26)21-30-17-6-18-32-19-15-25(16-20-32)33-28-10-5-4-9-27(28)31-29(33)34/h2-5,7-14,25,30H,6,15-21H2,1H3,(H,31,34). The van der Waals surface area contributed by atoms with Gasteiger partial charge in [-0.25, -0.2) is 4.79 Å². The minimum Gasteiger partial charge on any atom is -0.313 e. The molecule has 0 radical (unpaired) electrons. The maximum atomic E-state index is 12.5. The minimum atomic E-state index is 0.0229. The van der Waals surface area contributed by atoms with E-state index in [9.17, 15) is 4.79 Å². The molecule has 0 atom stereocenters. The number of para-hydroxylation sites is 2. The molecule has 1 saturated heterocycles. The maximum absolute atomic E-state index is 12.5. The molecular weight excluding hydrogens is 420 g/mol. The van der Waals surface area contributed by atoms with Crippen LogP contribution in [-0.4, -0.2) is 40.6 Å². The van der Waals surface area contributed by atoms with Gasteiger partial charge in [0.05, 0.1) is 11.0 Å². The Morgan fingerprint density at radius 1 is 0.941 bits per heavy atom. The van der Waals surface area contributed by atoms with Crippen molar-refractivity contribution in [3.8, 4) is 11.1 Å². The third-order valence-corrected chi connectivity index (χ3v) is 7.07. The zero-order valence-corrected chi connectivity index (χ0v) is 20.0. The van der Waals surface area contributed by atoms with Gasteiger partial charge in [-0.15, -0.1) is 0 Å². The third kappa shape index (κ3) is 5.01. The molecule has 1 aliphatic rings. The number of aromatic nitrogens is 2. The van der Waals surface area contributed by atoms with Crippen LogP contribution in [0.3, 0.4) is 0 Å². The molecule has 34 heavy (non-hydrogen) atoms.